The molecule has 0 bridgehead atoms. The maximum absolute atomic E-state index is 12.3. The van der Waals surface area contributed by atoms with Crippen molar-refractivity contribution in [1.82, 2.24) is 15.0 Å². The van der Waals surface area contributed by atoms with Crippen LogP contribution in [0.2, 0.25) is 0 Å². The predicted molar refractivity (Wildman–Crippen MR) is 105 cm³/mol. The molecule has 0 radical (unpaired) electrons. The molecule has 0 saturated carbocycles. The summed E-state index contributed by atoms with van der Waals surface area (Å²) < 4.78 is 6.21. The minimum Gasteiger partial charge on any atom is -0.494 e. The van der Waals surface area contributed by atoms with Crippen molar-refractivity contribution in [3.8, 4) is 5.75 Å². The molecule has 0 saturated heterocycles. The molecule has 0 aliphatic carbocycles. The second-order valence-electron chi connectivity index (χ2n) is 5.90. The molecule has 0 spiro atoms. The normalized spacial score (nSPS) is 11.0. The van der Waals surface area contributed by atoms with Crippen molar-refractivity contribution in [3.63, 3.8) is 0 Å². The molecule has 136 valence electrons. The van der Waals surface area contributed by atoms with Crippen LogP contribution in [0, 0.1) is 0 Å². The maximum atomic E-state index is 12.3. The van der Waals surface area contributed by atoms with Gasteiger partial charge in [0.1, 0.15) is 17.0 Å². The first-order chi connectivity index (χ1) is 13.1. The van der Waals surface area contributed by atoms with Crippen LogP contribution in [0.1, 0.15) is 12.1 Å². The molecule has 7 nitrogen and oxygen atoms in total. The molecule has 2 aromatic carbocycles. The van der Waals surface area contributed by atoms with Gasteiger partial charge in [0.05, 0.1) is 22.8 Å². The van der Waals surface area contributed by atoms with Crippen LogP contribution >= 0.6 is 11.3 Å². The van der Waals surface area contributed by atoms with E-state index in [1.165, 1.54) is 11.3 Å². The second kappa shape index (κ2) is 7.16. The van der Waals surface area contributed by atoms with E-state index in [1.54, 1.807) is 13.2 Å². The molecule has 4 rings (SSSR count). The first-order valence-electron chi connectivity index (χ1n) is 8.35. The van der Waals surface area contributed by atoms with Crippen LogP contribution in [0.4, 0.5) is 5.13 Å². The quantitative estimate of drug-likeness (QED) is 0.554. The average molecular weight is 380 g/mol. The van der Waals surface area contributed by atoms with Crippen LogP contribution in [0.25, 0.3) is 21.3 Å². The Morgan fingerprint density at radius 2 is 2.04 bits per heavy atom. The number of benzene rings is 2. The molecule has 2 aromatic heterocycles. The number of hydrogen-bond acceptors (Lipinski definition) is 6. The monoisotopic (exact) mass is 380 g/mol. The van der Waals surface area contributed by atoms with Gasteiger partial charge in [-0.15, -0.1) is 0 Å². The summed E-state index contributed by atoms with van der Waals surface area (Å²) in [5.74, 6) is 0.443. The zero-order chi connectivity index (χ0) is 18.8. The lowest BCUT2D eigenvalue weighted by molar-refractivity contribution is -0.116. The molecule has 0 fully saturated rings. The highest BCUT2D eigenvalue weighted by molar-refractivity contribution is 7.22. The van der Waals surface area contributed by atoms with Crippen molar-refractivity contribution in [2.24, 2.45) is 0 Å². The van der Waals surface area contributed by atoms with Gasteiger partial charge in [-0.3, -0.25) is 9.59 Å². The summed E-state index contributed by atoms with van der Waals surface area (Å²) in [6, 6.07) is 12.9. The number of hydrogen-bond donors (Lipinski definition) is 2. The van der Waals surface area contributed by atoms with Gasteiger partial charge in [-0.25, -0.2) is 9.97 Å². The number of aryl methyl sites for hydroxylation is 1. The Morgan fingerprint density at radius 3 is 2.89 bits per heavy atom. The van der Waals surface area contributed by atoms with Gasteiger partial charge in [-0.05, 0) is 24.3 Å². The van der Waals surface area contributed by atoms with Crippen molar-refractivity contribution >= 4 is 43.6 Å². The smallest absolute Gasteiger partial charge is 0.270 e. The molecular formula is C19H16N4O3S. The Labute approximate surface area is 158 Å². The Hall–Kier alpha value is -3.26. The highest BCUT2D eigenvalue weighted by Gasteiger charge is 2.12. The fourth-order valence-electron chi connectivity index (χ4n) is 2.79. The van der Waals surface area contributed by atoms with E-state index in [-0.39, 0.29) is 24.3 Å². The fraction of sp³-hybridized carbons (Fsp3) is 0.158. The maximum Gasteiger partial charge on any atom is 0.270 e. The van der Waals surface area contributed by atoms with Crippen molar-refractivity contribution < 1.29 is 9.53 Å². The first kappa shape index (κ1) is 17.2. The third-order valence-corrected chi connectivity index (χ3v) is 5.04. The van der Waals surface area contributed by atoms with Gasteiger partial charge >= 0.3 is 0 Å². The van der Waals surface area contributed by atoms with Gasteiger partial charge in [-0.2, -0.15) is 0 Å². The summed E-state index contributed by atoms with van der Waals surface area (Å²) in [5, 5.41) is 3.28. The number of ether oxygens (including phenoxy) is 1. The number of nitrogens with one attached hydrogen (secondary N) is 2. The van der Waals surface area contributed by atoms with Crippen molar-refractivity contribution in [1.29, 1.82) is 0 Å². The van der Waals surface area contributed by atoms with Crippen molar-refractivity contribution in [3.05, 3.63) is 58.5 Å². The lowest BCUT2D eigenvalue weighted by atomic mass is 10.2. The lowest BCUT2D eigenvalue weighted by Gasteiger charge is -2.03. The molecular weight excluding hydrogens is 364 g/mol. The summed E-state index contributed by atoms with van der Waals surface area (Å²) in [7, 11) is 1.58. The number of thiazole rings is 1. The van der Waals surface area contributed by atoms with Gasteiger partial charge in [-0.1, -0.05) is 29.5 Å². The van der Waals surface area contributed by atoms with Crippen LogP contribution in [0.3, 0.4) is 0 Å². The molecule has 8 heteroatoms. The number of aromatic nitrogens is 3. The van der Waals surface area contributed by atoms with Gasteiger partial charge in [0, 0.05) is 12.8 Å². The number of carbonyl (C=O) groups is 1. The van der Waals surface area contributed by atoms with Gasteiger partial charge in [0.2, 0.25) is 5.91 Å². The number of rotatable bonds is 5. The van der Waals surface area contributed by atoms with E-state index in [1.807, 2.05) is 36.4 Å². The van der Waals surface area contributed by atoms with Crippen LogP contribution in [0.15, 0.2) is 47.3 Å². The predicted octanol–water partition coefficient (Wildman–Crippen LogP) is 3.11. The number of nitrogens with zero attached hydrogens (tertiary/aromatic N) is 2. The second-order valence-corrected chi connectivity index (χ2v) is 6.93. The number of methoxy groups -OCH3 is 1. The van der Waals surface area contributed by atoms with E-state index in [0.29, 0.717) is 33.1 Å². The van der Waals surface area contributed by atoms with Crippen LogP contribution in [-0.4, -0.2) is 28.0 Å². The summed E-state index contributed by atoms with van der Waals surface area (Å²) in [5.41, 5.74) is 2.17. The molecule has 4 aromatic rings. The SMILES string of the molecule is COc1cccc2sc(NC(=O)CCc3nc4ccccc4[nH]c3=O)nc12. The number of amides is 1. The Balaban J connectivity index is 1.47. The minimum atomic E-state index is -0.272. The van der Waals surface area contributed by atoms with Crippen LogP contribution in [-0.2, 0) is 11.2 Å². The lowest BCUT2D eigenvalue weighted by Crippen LogP contribution is -2.18. The van der Waals surface area contributed by atoms with Crippen LogP contribution < -0.4 is 15.6 Å². The standard InChI is InChI=1S/C19H16N4O3S/c1-26-14-7-4-8-15-17(14)23-19(27-15)22-16(24)10-9-13-18(25)21-12-6-3-2-5-11(12)20-13/h2-8H,9-10H2,1H3,(H,21,25)(H,22,23,24). The van der Waals surface area contributed by atoms with Crippen molar-refractivity contribution in [2.45, 2.75) is 12.8 Å². The van der Waals surface area contributed by atoms with Crippen molar-refractivity contribution in [2.75, 3.05) is 12.4 Å². The zero-order valence-electron chi connectivity index (χ0n) is 14.5. The number of para-hydroxylation sites is 3. The first-order valence-corrected chi connectivity index (χ1v) is 9.17. The van der Waals surface area contributed by atoms with Crippen LogP contribution in [0.5, 0.6) is 5.75 Å². The van der Waals surface area contributed by atoms with Gasteiger partial charge < -0.3 is 15.0 Å². The third kappa shape index (κ3) is 3.52. The molecule has 0 aliphatic rings. The molecule has 0 unspecified atom stereocenters. The number of aromatic amines is 1. The van der Waals surface area contributed by atoms with E-state index < -0.39 is 0 Å². The Kier molecular flexibility index (Phi) is 4.55. The Bertz CT molecular complexity index is 1200. The van der Waals surface area contributed by atoms with E-state index in [2.05, 4.69) is 20.3 Å². The number of anilines is 1. The minimum absolute atomic E-state index is 0.140. The van der Waals surface area contributed by atoms with Gasteiger partial charge in [0.15, 0.2) is 5.13 Å². The molecule has 1 amide bonds. The summed E-state index contributed by atoms with van der Waals surface area (Å²) in [6.07, 6.45) is 0.391. The molecule has 0 atom stereocenters. The molecule has 2 N–H and O–H groups in total. The highest BCUT2D eigenvalue weighted by atomic mass is 32.1. The number of carbonyl (C=O) groups excluding carboxylic acids is 1. The summed E-state index contributed by atoms with van der Waals surface area (Å²) >= 11 is 1.38. The largest absolute Gasteiger partial charge is 0.494 e. The molecule has 0 aliphatic heterocycles. The molecule has 27 heavy (non-hydrogen) atoms. The Morgan fingerprint density at radius 1 is 1.19 bits per heavy atom. The summed E-state index contributed by atoms with van der Waals surface area (Å²) in [6.45, 7) is 0. The number of H-pyrrole nitrogens is 1. The third-order valence-electron chi connectivity index (χ3n) is 4.11. The van der Waals surface area contributed by atoms with E-state index in [0.717, 1.165) is 4.70 Å². The highest BCUT2D eigenvalue weighted by Crippen LogP contribution is 2.32. The number of fused-ring (bicyclic) bond motifs is 2. The molecule has 2 heterocycles. The fourth-order valence-corrected chi connectivity index (χ4v) is 3.69. The van der Waals surface area contributed by atoms with Gasteiger partial charge in [0.25, 0.3) is 5.56 Å². The topological polar surface area (TPSA) is 97.0 Å². The zero-order valence-corrected chi connectivity index (χ0v) is 15.3. The average Bonchev–Trinajstić information content (AvgIpc) is 3.08. The van der Waals surface area contributed by atoms with E-state index in [4.69, 9.17) is 4.74 Å². The summed E-state index contributed by atoms with van der Waals surface area (Å²) in [4.78, 5) is 36.0. The van der Waals surface area contributed by atoms with E-state index in [9.17, 15) is 9.59 Å². The van der Waals surface area contributed by atoms with E-state index >= 15 is 0 Å².